The summed E-state index contributed by atoms with van der Waals surface area (Å²) in [5, 5.41) is 10.9. The number of benzene rings is 2. The maximum Gasteiger partial charge on any atom is 0.156 e. The van der Waals surface area contributed by atoms with E-state index in [2.05, 4.69) is 53.7 Å². The Hall–Kier alpha value is -2.55. The van der Waals surface area contributed by atoms with Crippen molar-refractivity contribution in [3.05, 3.63) is 64.7 Å². The van der Waals surface area contributed by atoms with Gasteiger partial charge in [0.25, 0.3) is 0 Å². The summed E-state index contributed by atoms with van der Waals surface area (Å²) >= 11 is 3.07. The van der Waals surface area contributed by atoms with Crippen LogP contribution in [0.15, 0.2) is 57.8 Å². The molecular weight excluding hydrogens is 358 g/mol. The second-order valence-corrected chi connectivity index (χ2v) is 8.25. The monoisotopic (exact) mass is 375 g/mol. The largest absolute Gasteiger partial charge is 0.345 e. The summed E-state index contributed by atoms with van der Waals surface area (Å²) in [5.41, 5.74) is 4.50. The van der Waals surface area contributed by atoms with Gasteiger partial charge in [-0.1, -0.05) is 30.3 Å². The molecule has 0 N–H and O–H groups in total. The van der Waals surface area contributed by atoms with Gasteiger partial charge in [-0.3, -0.25) is 0 Å². The zero-order chi connectivity index (χ0) is 18.1. The van der Waals surface area contributed by atoms with Crippen molar-refractivity contribution in [1.29, 1.82) is 5.26 Å². The molecule has 0 atom stereocenters. The van der Waals surface area contributed by atoms with Gasteiger partial charge in [-0.05, 0) is 49.9 Å². The number of thiazole rings is 1. The zero-order valence-electron chi connectivity index (χ0n) is 14.6. The molecule has 2 heterocycles. The first-order valence-corrected chi connectivity index (χ1v) is 10.1. The molecule has 0 spiro atoms. The zero-order valence-corrected chi connectivity index (χ0v) is 16.2. The van der Waals surface area contributed by atoms with Gasteiger partial charge in [-0.25, -0.2) is 4.98 Å². The summed E-state index contributed by atoms with van der Waals surface area (Å²) in [5.74, 6) is 0. The Bertz CT molecular complexity index is 1140. The van der Waals surface area contributed by atoms with Crippen molar-refractivity contribution in [1.82, 2.24) is 9.55 Å². The minimum absolute atomic E-state index is 0.658. The number of thioether (sulfide) groups is 1. The van der Waals surface area contributed by atoms with E-state index in [0.29, 0.717) is 4.91 Å². The van der Waals surface area contributed by atoms with Gasteiger partial charge in [-0.15, -0.1) is 11.3 Å². The highest BCUT2D eigenvalue weighted by atomic mass is 32.2. The minimum atomic E-state index is 0.658. The first-order chi connectivity index (χ1) is 12.7. The number of allylic oxidation sites excluding steroid dienone is 1. The van der Waals surface area contributed by atoms with Gasteiger partial charge < -0.3 is 4.57 Å². The van der Waals surface area contributed by atoms with E-state index in [9.17, 15) is 5.26 Å². The maximum atomic E-state index is 9.68. The number of nitriles is 1. The highest BCUT2D eigenvalue weighted by Gasteiger charge is 2.13. The van der Waals surface area contributed by atoms with Gasteiger partial charge in [0.15, 0.2) is 4.34 Å². The van der Waals surface area contributed by atoms with E-state index < -0.39 is 0 Å². The molecule has 0 fully saturated rings. The van der Waals surface area contributed by atoms with Crippen LogP contribution in [0, 0.1) is 18.3 Å². The van der Waals surface area contributed by atoms with E-state index in [1.165, 1.54) is 28.4 Å². The molecule has 0 aliphatic rings. The molecule has 0 radical (unpaired) electrons. The smallest absolute Gasteiger partial charge is 0.156 e. The van der Waals surface area contributed by atoms with Gasteiger partial charge in [0, 0.05) is 28.7 Å². The van der Waals surface area contributed by atoms with Crippen LogP contribution >= 0.6 is 23.1 Å². The lowest BCUT2D eigenvalue weighted by Gasteiger charge is -2.03. The quantitative estimate of drug-likeness (QED) is 0.313. The van der Waals surface area contributed by atoms with Crippen LogP contribution in [-0.2, 0) is 6.54 Å². The predicted molar refractivity (Wildman–Crippen MR) is 111 cm³/mol. The van der Waals surface area contributed by atoms with Gasteiger partial charge in [0.05, 0.1) is 15.1 Å². The van der Waals surface area contributed by atoms with Gasteiger partial charge in [-0.2, -0.15) is 5.26 Å². The normalized spacial score (nSPS) is 12.0. The molecule has 0 saturated heterocycles. The number of rotatable bonds is 4. The maximum absolute atomic E-state index is 9.68. The van der Waals surface area contributed by atoms with Gasteiger partial charge >= 0.3 is 0 Å². The lowest BCUT2D eigenvalue weighted by molar-refractivity contribution is 0.769. The fraction of sp³-hybridized carbons (Fsp3) is 0.143. The average Bonchev–Trinajstić information content (AvgIpc) is 3.19. The standard InChI is InChI=1S/C21H17N3S2/c1-3-24-14(2)17(16-8-4-6-10-19(16)24)12-15(13-22)25-21-23-18-9-5-7-11-20(18)26-21/h4-12H,3H2,1-2H3/b15-12+. The van der Waals surface area contributed by atoms with Crippen molar-refractivity contribution >= 4 is 50.3 Å². The van der Waals surface area contributed by atoms with E-state index in [1.54, 1.807) is 11.3 Å². The van der Waals surface area contributed by atoms with Gasteiger partial charge in [0.1, 0.15) is 6.07 Å². The van der Waals surface area contributed by atoms with Crippen molar-refractivity contribution in [2.75, 3.05) is 0 Å². The van der Waals surface area contributed by atoms with E-state index in [-0.39, 0.29) is 0 Å². The molecule has 4 rings (SSSR count). The van der Waals surface area contributed by atoms with Crippen LogP contribution in [-0.4, -0.2) is 9.55 Å². The van der Waals surface area contributed by atoms with Gasteiger partial charge in [0.2, 0.25) is 0 Å². The number of nitrogens with zero attached hydrogens (tertiary/aromatic N) is 3. The van der Waals surface area contributed by atoms with Crippen LogP contribution in [0.4, 0.5) is 0 Å². The lowest BCUT2D eigenvalue weighted by Crippen LogP contribution is -1.96. The summed E-state index contributed by atoms with van der Waals surface area (Å²) in [7, 11) is 0. The number of aryl methyl sites for hydroxylation is 1. The minimum Gasteiger partial charge on any atom is -0.345 e. The fourth-order valence-electron chi connectivity index (χ4n) is 3.25. The van der Waals surface area contributed by atoms with E-state index >= 15 is 0 Å². The second-order valence-electron chi connectivity index (χ2n) is 5.93. The molecule has 2 aromatic carbocycles. The Kier molecular flexibility index (Phi) is 4.54. The highest BCUT2D eigenvalue weighted by Crippen LogP contribution is 2.36. The van der Waals surface area contributed by atoms with E-state index in [0.717, 1.165) is 26.7 Å². The summed E-state index contributed by atoms with van der Waals surface area (Å²) < 4.78 is 4.33. The lowest BCUT2D eigenvalue weighted by atomic mass is 10.1. The van der Waals surface area contributed by atoms with Crippen LogP contribution in [0.1, 0.15) is 18.2 Å². The molecule has 0 amide bonds. The van der Waals surface area contributed by atoms with E-state index in [4.69, 9.17) is 0 Å². The third-order valence-electron chi connectivity index (χ3n) is 4.45. The Morgan fingerprint density at radius 2 is 2.00 bits per heavy atom. The molecule has 5 heteroatoms. The topological polar surface area (TPSA) is 41.6 Å². The fourth-order valence-corrected chi connectivity index (χ4v) is 5.21. The van der Waals surface area contributed by atoms with E-state index in [1.807, 2.05) is 30.3 Å². The first-order valence-electron chi connectivity index (χ1n) is 8.44. The number of hydrogen-bond donors (Lipinski definition) is 0. The summed E-state index contributed by atoms with van der Waals surface area (Å²) in [4.78, 5) is 5.29. The summed E-state index contributed by atoms with van der Waals surface area (Å²) in [6.45, 7) is 5.17. The molecule has 128 valence electrons. The molecule has 0 aliphatic heterocycles. The van der Waals surface area contributed by atoms with Crippen LogP contribution < -0.4 is 0 Å². The van der Waals surface area contributed by atoms with Crippen molar-refractivity contribution in [3.8, 4) is 6.07 Å². The summed E-state index contributed by atoms with van der Waals surface area (Å²) in [6.07, 6.45) is 2.00. The molecular formula is C21H17N3S2. The molecule has 26 heavy (non-hydrogen) atoms. The summed E-state index contributed by atoms with van der Waals surface area (Å²) in [6, 6.07) is 18.8. The number of fused-ring (bicyclic) bond motifs is 2. The van der Waals surface area contributed by atoms with Crippen LogP contribution in [0.5, 0.6) is 0 Å². The molecule has 2 aromatic heterocycles. The predicted octanol–water partition coefficient (Wildman–Crippen LogP) is 6.24. The average molecular weight is 376 g/mol. The number of aromatic nitrogens is 2. The van der Waals surface area contributed by atoms with Crippen molar-refractivity contribution < 1.29 is 0 Å². The highest BCUT2D eigenvalue weighted by molar-refractivity contribution is 8.05. The number of hydrogen-bond acceptors (Lipinski definition) is 4. The third kappa shape index (κ3) is 2.92. The van der Waals surface area contributed by atoms with Crippen LogP contribution in [0.3, 0.4) is 0 Å². The molecule has 0 aliphatic carbocycles. The van der Waals surface area contributed by atoms with Crippen molar-refractivity contribution in [2.45, 2.75) is 24.7 Å². The molecule has 0 saturated carbocycles. The number of para-hydroxylation sites is 2. The van der Waals surface area contributed by atoms with Crippen molar-refractivity contribution in [2.24, 2.45) is 0 Å². The van der Waals surface area contributed by atoms with Crippen LogP contribution in [0.25, 0.3) is 27.2 Å². The third-order valence-corrected chi connectivity index (χ3v) is 6.48. The molecule has 0 unspecified atom stereocenters. The second kappa shape index (κ2) is 6.99. The Balaban J connectivity index is 1.77. The molecule has 3 nitrogen and oxygen atoms in total. The first kappa shape index (κ1) is 16.9. The van der Waals surface area contributed by atoms with Crippen molar-refractivity contribution in [3.63, 3.8) is 0 Å². The molecule has 4 aromatic rings. The Morgan fingerprint density at radius 1 is 1.23 bits per heavy atom. The molecule has 0 bridgehead atoms. The van der Waals surface area contributed by atoms with Crippen LogP contribution in [0.2, 0.25) is 0 Å². The Morgan fingerprint density at radius 3 is 2.77 bits per heavy atom. The Labute approximate surface area is 160 Å². The SMILES string of the molecule is CCn1c(C)c(/C=C(\C#N)Sc2nc3ccccc3s2)c2ccccc21.